The number of aliphatic hydroxyl groups excluding tert-OH is 1. The van der Waals surface area contributed by atoms with Gasteiger partial charge in [0, 0.05) is 33.8 Å². The average Bonchev–Trinajstić information content (AvgIpc) is 3.48. The fourth-order valence-electron chi connectivity index (χ4n) is 7.56. The fraction of sp³-hybridized carbons (Fsp3) is 0.297. The van der Waals surface area contributed by atoms with Crippen molar-refractivity contribution in [3.63, 3.8) is 0 Å². The van der Waals surface area contributed by atoms with Crippen LogP contribution in [0.2, 0.25) is 18.6 Å². The molecule has 0 aromatic heterocycles. The first-order chi connectivity index (χ1) is 22.1. The molecule has 0 saturated carbocycles. The molecule has 2 N–H and O–H groups in total. The number of amides is 2. The number of aliphatic hydroxyl groups is 1. The minimum atomic E-state index is -2.27. The van der Waals surface area contributed by atoms with Crippen molar-refractivity contribution >= 4 is 52.4 Å². The third kappa shape index (κ3) is 5.59. The Hall–Kier alpha value is -3.76. The third-order valence-electron chi connectivity index (χ3n) is 9.77. The number of carbonyl (C=O) groups is 2. The Balaban J connectivity index is 1.35. The number of carbonyl (C=O) groups excluding carboxylic acids is 2. The summed E-state index contributed by atoms with van der Waals surface area (Å²) in [7, 11) is -0.603. The zero-order valence-corrected chi connectivity index (χ0v) is 29.1. The molecule has 46 heavy (non-hydrogen) atoms. The number of nitrogens with one attached hydrogen (secondary N) is 1. The van der Waals surface area contributed by atoms with E-state index in [1.807, 2.05) is 77.7 Å². The van der Waals surface area contributed by atoms with Gasteiger partial charge in [0.05, 0.1) is 33.5 Å². The molecule has 0 unspecified atom stereocenters. The maximum Gasteiger partial charge on any atom is 0.264 e. The zero-order valence-electron chi connectivity index (χ0n) is 26.5. The minimum Gasteiger partial charge on any atom is -0.497 e. The van der Waals surface area contributed by atoms with Crippen molar-refractivity contribution in [2.75, 3.05) is 23.9 Å². The van der Waals surface area contributed by atoms with Crippen LogP contribution < -0.4 is 20.1 Å². The molecule has 4 aromatic rings. The van der Waals surface area contributed by atoms with Gasteiger partial charge in [-0.05, 0) is 72.1 Å². The number of benzene rings is 4. The Morgan fingerprint density at radius 1 is 1.02 bits per heavy atom. The van der Waals surface area contributed by atoms with E-state index in [4.69, 9.17) is 9.47 Å². The monoisotopic (exact) mass is 698 g/mol. The van der Waals surface area contributed by atoms with E-state index in [0.717, 1.165) is 27.0 Å². The lowest BCUT2D eigenvalue weighted by Crippen LogP contribution is -2.51. The highest BCUT2D eigenvalue weighted by Crippen LogP contribution is 2.60. The van der Waals surface area contributed by atoms with E-state index in [1.165, 1.54) is 5.19 Å². The second-order valence-electron chi connectivity index (χ2n) is 12.7. The Morgan fingerprint density at radius 3 is 2.46 bits per heavy atom. The fourth-order valence-corrected chi connectivity index (χ4v) is 12.0. The van der Waals surface area contributed by atoms with Crippen LogP contribution in [0.5, 0.6) is 5.75 Å². The van der Waals surface area contributed by atoms with E-state index in [0.29, 0.717) is 24.2 Å². The Labute approximate surface area is 279 Å². The summed E-state index contributed by atoms with van der Waals surface area (Å²) in [5.41, 5.74) is 2.63. The van der Waals surface area contributed by atoms with Gasteiger partial charge in [0.25, 0.3) is 11.8 Å². The van der Waals surface area contributed by atoms with E-state index in [1.54, 1.807) is 19.2 Å². The average molecular weight is 700 g/mol. The molecule has 2 heterocycles. The lowest BCUT2D eigenvalue weighted by atomic mass is 9.82. The van der Waals surface area contributed by atoms with E-state index in [2.05, 4.69) is 53.4 Å². The second kappa shape index (κ2) is 12.8. The predicted octanol–water partition coefficient (Wildman–Crippen LogP) is 6.86. The number of rotatable bonds is 9. The number of halogens is 1. The zero-order chi connectivity index (χ0) is 32.6. The van der Waals surface area contributed by atoms with E-state index < -0.39 is 13.7 Å². The van der Waals surface area contributed by atoms with Gasteiger partial charge in [-0.3, -0.25) is 9.59 Å². The lowest BCUT2D eigenvalue weighted by Gasteiger charge is -2.37. The van der Waals surface area contributed by atoms with Crippen molar-refractivity contribution in [3.8, 4) is 5.75 Å². The van der Waals surface area contributed by atoms with Crippen molar-refractivity contribution in [2.45, 2.75) is 50.2 Å². The molecule has 0 bridgehead atoms. The molecule has 4 aromatic carbocycles. The first kappa shape index (κ1) is 32.2. The number of ether oxygens (including phenoxy) is 2. The highest BCUT2D eigenvalue weighted by atomic mass is 79.9. The van der Waals surface area contributed by atoms with Gasteiger partial charge in [-0.2, -0.15) is 0 Å². The molecule has 1 fully saturated rings. The summed E-state index contributed by atoms with van der Waals surface area (Å²) in [4.78, 5) is 29.5. The molecule has 2 aliphatic rings. The summed E-state index contributed by atoms with van der Waals surface area (Å²) in [6.07, 6.45) is 0.152. The molecular weight excluding hydrogens is 660 g/mol. The molecule has 1 saturated heterocycles. The molecular formula is C37H39BrN2O5Si. The number of nitrogens with zero attached hydrogens (tertiary/aromatic N) is 1. The topological polar surface area (TPSA) is 88.1 Å². The van der Waals surface area contributed by atoms with Gasteiger partial charge >= 0.3 is 0 Å². The van der Waals surface area contributed by atoms with E-state index >= 15 is 0 Å². The molecule has 4 atom stereocenters. The minimum absolute atomic E-state index is 0.0260. The van der Waals surface area contributed by atoms with Gasteiger partial charge in [0.1, 0.15) is 5.75 Å². The highest BCUT2D eigenvalue weighted by molar-refractivity contribution is 9.10. The standard InChI is InChI=1S/C37H39BrN2O5Si/c1-24-34(46(3,4)30-16-14-29(44-2)15-17-30)33(19-20-41)45-37(24)31-22-27(38)13-18-32(31)40(36(37)43)23-25-9-8-12-28(21-25)39-35(42)26-10-6-5-7-11-26/h5-18,21-22,24,33-34,41H,19-20,23H2,1-4H3,(H,39,42)/t24-,33+,34-,37+/m0/s1. The summed E-state index contributed by atoms with van der Waals surface area (Å²) >= 11 is 3.66. The number of methoxy groups -OCH3 is 1. The number of fused-ring (bicyclic) bond motifs is 2. The van der Waals surface area contributed by atoms with Gasteiger partial charge in [-0.25, -0.2) is 0 Å². The number of anilines is 2. The Morgan fingerprint density at radius 2 is 1.76 bits per heavy atom. The van der Waals surface area contributed by atoms with Crippen molar-refractivity contribution in [1.82, 2.24) is 0 Å². The number of hydrogen-bond donors (Lipinski definition) is 2. The van der Waals surface area contributed by atoms with Crippen LogP contribution in [0.3, 0.4) is 0 Å². The van der Waals surface area contributed by atoms with Gasteiger partial charge in [0.2, 0.25) is 0 Å². The van der Waals surface area contributed by atoms with E-state index in [-0.39, 0.29) is 36.0 Å². The molecule has 2 aliphatic heterocycles. The van der Waals surface area contributed by atoms with Crippen LogP contribution in [-0.2, 0) is 21.7 Å². The van der Waals surface area contributed by atoms with Crippen LogP contribution in [0.15, 0.2) is 102 Å². The van der Waals surface area contributed by atoms with Crippen molar-refractivity contribution < 1.29 is 24.2 Å². The third-order valence-corrected chi connectivity index (χ3v) is 14.6. The highest BCUT2D eigenvalue weighted by Gasteiger charge is 2.66. The quantitative estimate of drug-likeness (QED) is 0.187. The maximum atomic E-state index is 14.9. The van der Waals surface area contributed by atoms with E-state index in [9.17, 15) is 14.7 Å². The maximum absolute atomic E-state index is 14.9. The summed E-state index contributed by atoms with van der Waals surface area (Å²) in [5, 5.41) is 14.4. The molecule has 9 heteroatoms. The van der Waals surface area contributed by atoms with Gasteiger partial charge in [0.15, 0.2) is 5.60 Å². The SMILES string of the molecule is COc1ccc([Si](C)(C)[C@@H]2[C@@H](CCO)O[C@]3(C(=O)N(Cc4cccc(NC(=O)c5ccccc5)c4)c4ccc(Br)cc43)[C@H]2C)cc1. The summed E-state index contributed by atoms with van der Waals surface area (Å²) in [5.74, 6) is 0.352. The number of hydrogen-bond acceptors (Lipinski definition) is 5. The normalized spacial score (nSPS) is 22.3. The van der Waals surface area contributed by atoms with Gasteiger partial charge < -0.3 is 24.8 Å². The largest absolute Gasteiger partial charge is 0.497 e. The van der Waals surface area contributed by atoms with Crippen LogP contribution in [0, 0.1) is 5.92 Å². The van der Waals surface area contributed by atoms with Gasteiger partial charge in [-0.1, -0.05) is 83.6 Å². The van der Waals surface area contributed by atoms with Crippen molar-refractivity contribution in [1.29, 1.82) is 0 Å². The van der Waals surface area contributed by atoms with Crippen LogP contribution in [0.1, 0.15) is 34.8 Å². The van der Waals surface area contributed by atoms with Crippen LogP contribution >= 0.6 is 15.9 Å². The van der Waals surface area contributed by atoms with Crippen LogP contribution in [0.25, 0.3) is 0 Å². The molecule has 0 aliphatic carbocycles. The lowest BCUT2D eigenvalue weighted by molar-refractivity contribution is -0.146. The molecule has 238 valence electrons. The summed E-state index contributed by atoms with van der Waals surface area (Å²) < 4.78 is 13.3. The molecule has 6 rings (SSSR count). The van der Waals surface area contributed by atoms with Crippen molar-refractivity contribution in [3.05, 3.63) is 118 Å². The first-order valence-corrected chi connectivity index (χ1v) is 19.5. The Bertz CT molecular complexity index is 1750. The van der Waals surface area contributed by atoms with Gasteiger partial charge in [-0.15, -0.1) is 0 Å². The summed E-state index contributed by atoms with van der Waals surface area (Å²) in [6.45, 7) is 7.09. The van der Waals surface area contributed by atoms with Crippen LogP contribution in [-0.4, -0.2) is 44.8 Å². The molecule has 0 radical (unpaired) electrons. The summed E-state index contributed by atoms with van der Waals surface area (Å²) in [6, 6.07) is 30.9. The molecule has 7 nitrogen and oxygen atoms in total. The predicted molar refractivity (Wildman–Crippen MR) is 187 cm³/mol. The first-order valence-electron chi connectivity index (χ1n) is 15.6. The second-order valence-corrected chi connectivity index (χ2v) is 18.3. The Kier molecular flexibility index (Phi) is 8.95. The van der Waals surface area contributed by atoms with Crippen molar-refractivity contribution in [2.24, 2.45) is 5.92 Å². The smallest absolute Gasteiger partial charge is 0.264 e. The van der Waals surface area contributed by atoms with Crippen LogP contribution in [0.4, 0.5) is 11.4 Å². The molecule has 2 amide bonds. The molecule has 1 spiro atoms.